The number of anilines is 2. The molecule has 1 saturated heterocycles. The van der Waals surface area contributed by atoms with E-state index < -0.39 is 22.7 Å². The highest BCUT2D eigenvalue weighted by Crippen LogP contribution is 2.36. The summed E-state index contributed by atoms with van der Waals surface area (Å²) < 4.78 is 38.9. The smallest absolute Gasteiger partial charge is 0.341 e. The Morgan fingerprint density at radius 3 is 2.48 bits per heavy atom. The van der Waals surface area contributed by atoms with E-state index in [1.165, 1.54) is 18.3 Å². The van der Waals surface area contributed by atoms with Crippen molar-refractivity contribution < 1.29 is 18.0 Å². The number of carbonyl (C=O) groups is 1. The largest absolute Gasteiger partial charge is 0.417 e. The Balaban J connectivity index is 1.78. The lowest BCUT2D eigenvalue weighted by atomic mass is 10.2. The first-order valence-corrected chi connectivity index (χ1v) is 8.98. The van der Waals surface area contributed by atoms with Crippen LogP contribution in [0.5, 0.6) is 0 Å². The zero-order valence-electron chi connectivity index (χ0n) is 14.4. The summed E-state index contributed by atoms with van der Waals surface area (Å²) in [6.45, 7) is 1.63. The number of halogens is 4. The van der Waals surface area contributed by atoms with E-state index in [0.717, 1.165) is 50.9 Å². The molecular weight excluding hydrogens is 381 g/mol. The molecule has 0 aliphatic carbocycles. The molecular formula is C18H18ClF3N4O. The summed E-state index contributed by atoms with van der Waals surface area (Å²) in [5.74, 6) is -0.152. The normalized spacial score (nSPS) is 15.3. The molecule has 1 fully saturated rings. The first-order chi connectivity index (χ1) is 12.8. The average Bonchev–Trinajstić information content (AvgIpc) is 2.92. The van der Waals surface area contributed by atoms with Crippen LogP contribution >= 0.6 is 11.6 Å². The van der Waals surface area contributed by atoms with Crippen LogP contribution in [-0.4, -0.2) is 29.0 Å². The molecule has 2 heterocycles. The summed E-state index contributed by atoms with van der Waals surface area (Å²) in [5, 5.41) is 2.01. The number of hydrogen-bond donors (Lipinski definition) is 1. The van der Waals surface area contributed by atoms with Crippen molar-refractivity contribution in [1.82, 2.24) is 9.97 Å². The van der Waals surface area contributed by atoms with Crippen LogP contribution in [0.15, 0.2) is 30.5 Å². The molecule has 0 bridgehead atoms. The molecule has 3 rings (SSSR count). The van der Waals surface area contributed by atoms with Crippen molar-refractivity contribution in [2.45, 2.75) is 31.9 Å². The maximum Gasteiger partial charge on any atom is 0.417 e. The van der Waals surface area contributed by atoms with Crippen molar-refractivity contribution in [2.24, 2.45) is 0 Å². The average molecular weight is 399 g/mol. The predicted molar refractivity (Wildman–Crippen MR) is 97.1 cm³/mol. The van der Waals surface area contributed by atoms with Gasteiger partial charge in [-0.3, -0.25) is 4.79 Å². The summed E-state index contributed by atoms with van der Waals surface area (Å²) in [5.41, 5.74) is -0.922. The fourth-order valence-corrected chi connectivity index (χ4v) is 3.14. The number of carbonyl (C=O) groups excluding carboxylic acids is 1. The van der Waals surface area contributed by atoms with Crippen LogP contribution in [-0.2, 0) is 6.18 Å². The minimum Gasteiger partial charge on any atom is -0.341 e. The standard InChI is InChI=1S/C18H18ClF3N4O/c19-14-6-5-12(11-13(14)18(20,21)22)24-16(27)15-7-8-23-17(25-15)26-9-3-1-2-4-10-26/h5-8,11H,1-4,9-10H2,(H,24,27). The van der Waals surface area contributed by atoms with Crippen molar-refractivity contribution in [1.29, 1.82) is 0 Å². The topological polar surface area (TPSA) is 58.1 Å². The maximum absolute atomic E-state index is 13.0. The number of alkyl halides is 3. The predicted octanol–water partition coefficient (Wildman–Crippen LogP) is 4.78. The number of nitrogens with zero attached hydrogens (tertiary/aromatic N) is 3. The molecule has 0 saturated carbocycles. The Labute approximate surface area is 159 Å². The van der Waals surface area contributed by atoms with Gasteiger partial charge >= 0.3 is 6.18 Å². The summed E-state index contributed by atoms with van der Waals surface area (Å²) >= 11 is 5.60. The zero-order chi connectivity index (χ0) is 19.4. The Hall–Kier alpha value is -2.35. The molecule has 1 aliphatic heterocycles. The van der Waals surface area contributed by atoms with Crippen LogP contribution in [0.1, 0.15) is 41.7 Å². The van der Waals surface area contributed by atoms with E-state index in [2.05, 4.69) is 15.3 Å². The van der Waals surface area contributed by atoms with Gasteiger partial charge in [0.2, 0.25) is 5.95 Å². The SMILES string of the molecule is O=C(Nc1ccc(Cl)c(C(F)(F)F)c1)c1ccnc(N2CCCCCC2)n1. The van der Waals surface area contributed by atoms with Gasteiger partial charge in [-0.05, 0) is 37.1 Å². The monoisotopic (exact) mass is 398 g/mol. The molecule has 1 aliphatic rings. The van der Waals surface area contributed by atoms with Gasteiger partial charge in [0.05, 0.1) is 10.6 Å². The highest BCUT2D eigenvalue weighted by molar-refractivity contribution is 6.31. The summed E-state index contributed by atoms with van der Waals surface area (Å²) in [4.78, 5) is 22.9. The molecule has 0 spiro atoms. The van der Waals surface area contributed by atoms with Crippen molar-refractivity contribution in [3.05, 3.63) is 46.7 Å². The first kappa shape index (κ1) is 19.4. The molecule has 1 amide bonds. The summed E-state index contributed by atoms with van der Waals surface area (Å²) in [7, 11) is 0. The number of hydrogen-bond acceptors (Lipinski definition) is 4. The van der Waals surface area contributed by atoms with E-state index in [4.69, 9.17) is 11.6 Å². The quantitative estimate of drug-likeness (QED) is 0.808. The van der Waals surface area contributed by atoms with Crippen LogP contribution < -0.4 is 10.2 Å². The number of amides is 1. The third-order valence-electron chi connectivity index (χ3n) is 4.29. The molecule has 1 N–H and O–H groups in total. The number of benzene rings is 1. The van der Waals surface area contributed by atoms with Crippen LogP contribution in [0, 0.1) is 0 Å². The van der Waals surface area contributed by atoms with E-state index in [-0.39, 0.29) is 11.4 Å². The van der Waals surface area contributed by atoms with Crippen molar-refractivity contribution in [3.63, 3.8) is 0 Å². The third kappa shape index (κ3) is 4.88. The maximum atomic E-state index is 13.0. The fraction of sp³-hybridized carbons (Fsp3) is 0.389. The van der Waals surface area contributed by atoms with Crippen molar-refractivity contribution in [2.75, 3.05) is 23.3 Å². The zero-order valence-corrected chi connectivity index (χ0v) is 15.1. The Kier molecular flexibility index (Phi) is 5.84. The van der Waals surface area contributed by atoms with Crippen LogP contribution in [0.2, 0.25) is 5.02 Å². The molecule has 1 aromatic carbocycles. The second kappa shape index (κ2) is 8.12. The van der Waals surface area contributed by atoms with Crippen LogP contribution in [0.3, 0.4) is 0 Å². The van der Waals surface area contributed by atoms with Crippen molar-refractivity contribution >= 4 is 29.1 Å². The lowest BCUT2D eigenvalue weighted by Gasteiger charge is -2.20. The minimum atomic E-state index is -4.60. The van der Waals surface area contributed by atoms with Gasteiger partial charge in [-0.1, -0.05) is 24.4 Å². The second-order valence-corrected chi connectivity index (χ2v) is 6.70. The van der Waals surface area contributed by atoms with Gasteiger partial charge in [-0.25, -0.2) is 9.97 Å². The summed E-state index contributed by atoms with van der Waals surface area (Å²) in [6, 6.07) is 4.64. The molecule has 5 nitrogen and oxygen atoms in total. The fourth-order valence-electron chi connectivity index (χ4n) is 2.91. The Bertz CT molecular complexity index is 820. The van der Waals surface area contributed by atoms with E-state index in [0.29, 0.717) is 5.95 Å². The minimum absolute atomic E-state index is 0.00772. The van der Waals surface area contributed by atoms with Gasteiger partial charge in [0.25, 0.3) is 5.91 Å². The van der Waals surface area contributed by atoms with Gasteiger partial charge in [0, 0.05) is 25.0 Å². The highest BCUT2D eigenvalue weighted by Gasteiger charge is 2.33. The van der Waals surface area contributed by atoms with Crippen LogP contribution in [0.25, 0.3) is 0 Å². The van der Waals surface area contributed by atoms with E-state index in [9.17, 15) is 18.0 Å². The lowest BCUT2D eigenvalue weighted by Crippen LogP contribution is -2.27. The number of rotatable bonds is 3. The Morgan fingerprint density at radius 2 is 1.81 bits per heavy atom. The highest BCUT2D eigenvalue weighted by atomic mass is 35.5. The van der Waals surface area contributed by atoms with E-state index in [1.54, 1.807) is 0 Å². The molecule has 0 unspecified atom stereocenters. The lowest BCUT2D eigenvalue weighted by molar-refractivity contribution is -0.137. The second-order valence-electron chi connectivity index (χ2n) is 6.29. The number of aromatic nitrogens is 2. The van der Waals surface area contributed by atoms with Gasteiger partial charge in [-0.15, -0.1) is 0 Å². The molecule has 9 heteroatoms. The van der Waals surface area contributed by atoms with E-state index in [1.807, 2.05) is 4.90 Å². The molecule has 0 atom stereocenters. The van der Waals surface area contributed by atoms with Gasteiger partial charge < -0.3 is 10.2 Å². The molecule has 144 valence electrons. The van der Waals surface area contributed by atoms with Crippen LogP contribution in [0.4, 0.5) is 24.8 Å². The molecule has 2 aromatic rings. The molecule has 27 heavy (non-hydrogen) atoms. The van der Waals surface area contributed by atoms with Gasteiger partial charge in [0.15, 0.2) is 0 Å². The van der Waals surface area contributed by atoms with Gasteiger partial charge in [0.1, 0.15) is 5.69 Å². The number of nitrogens with one attached hydrogen (secondary N) is 1. The van der Waals surface area contributed by atoms with Crippen molar-refractivity contribution in [3.8, 4) is 0 Å². The van der Waals surface area contributed by atoms with Gasteiger partial charge in [-0.2, -0.15) is 13.2 Å². The third-order valence-corrected chi connectivity index (χ3v) is 4.62. The molecule has 0 radical (unpaired) electrons. The molecule has 1 aromatic heterocycles. The summed E-state index contributed by atoms with van der Waals surface area (Å²) in [6.07, 6.45) is 1.23. The van der Waals surface area contributed by atoms with E-state index >= 15 is 0 Å². The Morgan fingerprint density at radius 1 is 1.11 bits per heavy atom. The first-order valence-electron chi connectivity index (χ1n) is 8.61.